The molecule has 0 saturated heterocycles. The van der Waals surface area contributed by atoms with Gasteiger partial charge in [-0.05, 0) is 30.7 Å². The van der Waals surface area contributed by atoms with Gasteiger partial charge in [0, 0.05) is 0 Å². The third-order valence-electron chi connectivity index (χ3n) is 2.25. The quantitative estimate of drug-likeness (QED) is 0.792. The lowest BCUT2D eigenvalue weighted by molar-refractivity contribution is -0.157. The fourth-order valence-corrected chi connectivity index (χ4v) is 1.47. The second kappa shape index (κ2) is 4.82. The number of benzene rings is 1. The lowest BCUT2D eigenvalue weighted by atomic mass is 10.0. The van der Waals surface area contributed by atoms with Crippen LogP contribution in [0.5, 0.6) is 0 Å². The standard InChI is InChI=1S/C11H13F4N/c1-3-16-10(11(13,14)15)8-4-5-9(12)7(2)6-8/h4-6,10,16H,3H2,1-2H3. The Hall–Kier alpha value is -1.10. The van der Waals surface area contributed by atoms with Crippen molar-refractivity contribution in [3.05, 3.63) is 35.1 Å². The maximum Gasteiger partial charge on any atom is 0.407 e. The summed E-state index contributed by atoms with van der Waals surface area (Å²) in [5, 5.41) is 2.34. The molecule has 1 aromatic carbocycles. The van der Waals surface area contributed by atoms with Crippen molar-refractivity contribution in [1.82, 2.24) is 5.32 Å². The molecular formula is C11H13F4N. The SMILES string of the molecule is CCNC(c1ccc(F)c(C)c1)C(F)(F)F. The zero-order valence-electron chi connectivity index (χ0n) is 9.03. The van der Waals surface area contributed by atoms with Crippen LogP contribution >= 0.6 is 0 Å². The summed E-state index contributed by atoms with van der Waals surface area (Å²) in [6.07, 6.45) is -4.37. The van der Waals surface area contributed by atoms with E-state index in [9.17, 15) is 17.6 Å². The summed E-state index contributed by atoms with van der Waals surface area (Å²) in [5.41, 5.74) is 0.248. The molecule has 1 atom stereocenters. The molecule has 0 radical (unpaired) electrons. The van der Waals surface area contributed by atoms with E-state index in [4.69, 9.17) is 0 Å². The summed E-state index contributed by atoms with van der Waals surface area (Å²) in [4.78, 5) is 0. The van der Waals surface area contributed by atoms with Crippen LogP contribution in [0.2, 0.25) is 0 Å². The molecule has 16 heavy (non-hydrogen) atoms. The molecule has 1 unspecified atom stereocenters. The number of rotatable bonds is 3. The highest BCUT2D eigenvalue weighted by atomic mass is 19.4. The molecule has 0 fully saturated rings. The minimum absolute atomic E-state index is 0.0354. The van der Waals surface area contributed by atoms with E-state index in [0.29, 0.717) is 0 Å². The number of nitrogens with one attached hydrogen (secondary N) is 1. The van der Waals surface area contributed by atoms with Gasteiger partial charge in [-0.2, -0.15) is 13.2 Å². The fourth-order valence-electron chi connectivity index (χ4n) is 1.47. The molecule has 0 aliphatic carbocycles. The monoisotopic (exact) mass is 235 g/mol. The predicted molar refractivity (Wildman–Crippen MR) is 53.6 cm³/mol. The molecule has 0 aliphatic rings. The first kappa shape index (κ1) is 13.0. The molecule has 0 saturated carbocycles. The Balaban J connectivity index is 3.06. The van der Waals surface area contributed by atoms with Crippen LogP contribution < -0.4 is 5.32 Å². The molecule has 1 aromatic rings. The van der Waals surface area contributed by atoms with Gasteiger partial charge in [0.05, 0.1) is 0 Å². The predicted octanol–water partition coefficient (Wildman–Crippen LogP) is 3.35. The van der Waals surface area contributed by atoms with E-state index < -0.39 is 18.0 Å². The molecule has 1 rings (SSSR count). The largest absolute Gasteiger partial charge is 0.407 e. The summed E-state index contributed by atoms with van der Waals surface area (Å²) in [6.45, 7) is 3.23. The first-order valence-electron chi connectivity index (χ1n) is 4.92. The zero-order chi connectivity index (χ0) is 12.3. The van der Waals surface area contributed by atoms with Crippen LogP contribution in [-0.2, 0) is 0 Å². The van der Waals surface area contributed by atoms with E-state index in [0.717, 1.165) is 12.1 Å². The van der Waals surface area contributed by atoms with Gasteiger partial charge in [-0.1, -0.05) is 19.1 Å². The van der Waals surface area contributed by atoms with Crippen molar-refractivity contribution in [2.45, 2.75) is 26.1 Å². The van der Waals surface area contributed by atoms with Gasteiger partial charge in [0.2, 0.25) is 0 Å². The second-order valence-corrected chi connectivity index (χ2v) is 3.54. The first-order chi connectivity index (χ1) is 7.36. The van der Waals surface area contributed by atoms with Gasteiger partial charge < -0.3 is 5.32 Å². The van der Waals surface area contributed by atoms with Crippen molar-refractivity contribution < 1.29 is 17.6 Å². The van der Waals surface area contributed by atoms with Crippen molar-refractivity contribution in [3.63, 3.8) is 0 Å². The third-order valence-corrected chi connectivity index (χ3v) is 2.25. The van der Waals surface area contributed by atoms with E-state index in [2.05, 4.69) is 5.32 Å². The van der Waals surface area contributed by atoms with Gasteiger partial charge in [0.15, 0.2) is 0 Å². The normalized spacial score (nSPS) is 13.9. The third kappa shape index (κ3) is 2.95. The smallest absolute Gasteiger partial charge is 0.303 e. The van der Waals surface area contributed by atoms with Crippen LogP contribution in [-0.4, -0.2) is 12.7 Å². The molecular weight excluding hydrogens is 222 g/mol. The second-order valence-electron chi connectivity index (χ2n) is 3.54. The van der Waals surface area contributed by atoms with Crippen LogP contribution in [0.3, 0.4) is 0 Å². The summed E-state index contributed by atoms with van der Waals surface area (Å²) >= 11 is 0. The first-order valence-corrected chi connectivity index (χ1v) is 4.92. The van der Waals surface area contributed by atoms with Gasteiger partial charge in [-0.25, -0.2) is 4.39 Å². The highest BCUT2D eigenvalue weighted by molar-refractivity contribution is 5.27. The van der Waals surface area contributed by atoms with Crippen LogP contribution in [0.1, 0.15) is 24.1 Å². The summed E-state index contributed by atoms with van der Waals surface area (Å²) < 4.78 is 50.9. The van der Waals surface area contributed by atoms with Crippen LogP contribution in [0.4, 0.5) is 17.6 Å². The van der Waals surface area contributed by atoms with E-state index in [-0.39, 0.29) is 17.7 Å². The van der Waals surface area contributed by atoms with E-state index in [1.807, 2.05) is 0 Å². The molecule has 0 aliphatic heterocycles. The Morgan fingerprint density at radius 1 is 1.31 bits per heavy atom. The van der Waals surface area contributed by atoms with Gasteiger partial charge in [-0.15, -0.1) is 0 Å². The van der Waals surface area contributed by atoms with Crippen molar-refractivity contribution in [3.8, 4) is 0 Å². The number of alkyl halides is 3. The molecule has 1 N–H and O–H groups in total. The molecule has 5 heteroatoms. The van der Waals surface area contributed by atoms with E-state index in [1.54, 1.807) is 6.92 Å². The average molecular weight is 235 g/mol. The maximum atomic E-state index is 12.9. The molecule has 0 heterocycles. The Labute approximate surface area is 91.5 Å². The number of hydrogen-bond acceptors (Lipinski definition) is 1. The van der Waals surface area contributed by atoms with Gasteiger partial charge in [0.1, 0.15) is 11.9 Å². The van der Waals surface area contributed by atoms with Gasteiger partial charge in [-0.3, -0.25) is 0 Å². The van der Waals surface area contributed by atoms with Crippen LogP contribution in [0.25, 0.3) is 0 Å². The topological polar surface area (TPSA) is 12.0 Å². The molecule has 0 bridgehead atoms. The number of aryl methyl sites for hydroxylation is 1. The van der Waals surface area contributed by atoms with Crippen molar-refractivity contribution >= 4 is 0 Å². The number of hydrogen-bond donors (Lipinski definition) is 1. The Kier molecular flexibility index (Phi) is 3.91. The van der Waals surface area contributed by atoms with Crippen LogP contribution in [0, 0.1) is 12.7 Å². The Morgan fingerprint density at radius 3 is 2.38 bits per heavy atom. The molecule has 1 nitrogen and oxygen atoms in total. The molecule has 90 valence electrons. The van der Waals surface area contributed by atoms with Crippen LogP contribution in [0.15, 0.2) is 18.2 Å². The van der Waals surface area contributed by atoms with Crippen molar-refractivity contribution in [2.75, 3.05) is 6.54 Å². The molecule has 0 amide bonds. The summed E-state index contributed by atoms with van der Waals surface area (Å²) in [7, 11) is 0. The molecule has 0 spiro atoms. The van der Waals surface area contributed by atoms with Gasteiger partial charge >= 0.3 is 6.18 Å². The lowest BCUT2D eigenvalue weighted by Crippen LogP contribution is -2.34. The van der Waals surface area contributed by atoms with E-state index in [1.165, 1.54) is 13.0 Å². The lowest BCUT2D eigenvalue weighted by Gasteiger charge is -2.21. The zero-order valence-corrected chi connectivity index (χ0v) is 9.03. The molecule has 0 aromatic heterocycles. The Morgan fingerprint density at radius 2 is 1.94 bits per heavy atom. The highest BCUT2D eigenvalue weighted by Crippen LogP contribution is 2.33. The highest BCUT2D eigenvalue weighted by Gasteiger charge is 2.40. The summed E-state index contributed by atoms with van der Waals surface area (Å²) in [6, 6.07) is 1.69. The fraction of sp³-hybridized carbons (Fsp3) is 0.455. The van der Waals surface area contributed by atoms with Crippen molar-refractivity contribution in [2.24, 2.45) is 0 Å². The van der Waals surface area contributed by atoms with Gasteiger partial charge in [0.25, 0.3) is 0 Å². The summed E-state index contributed by atoms with van der Waals surface area (Å²) in [5.74, 6) is -0.499. The maximum absolute atomic E-state index is 12.9. The minimum atomic E-state index is -4.37. The van der Waals surface area contributed by atoms with E-state index >= 15 is 0 Å². The number of halogens is 4. The minimum Gasteiger partial charge on any atom is -0.303 e. The average Bonchev–Trinajstić information content (AvgIpc) is 2.17. The Bertz CT molecular complexity index is 359. The van der Waals surface area contributed by atoms with Crippen molar-refractivity contribution in [1.29, 1.82) is 0 Å².